The Morgan fingerprint density at radius 2 is 2.06 bits per heavy atom. The van der Waals surface area contributed by atoms with Crippen molar-refractivity contribution in [1.82, 2.24) is 4.98 Å². The smallest absolute Gasteiger partial charge is 0.0797 e. The van der Waals surface area contributed by atoms with E-state index in [0.717, 1.165) is 25.8 Å². The minimum absolute atomic E-state index is 0.564. The zero-order valence-corrected chi connectivity index (χ0v) is 11.6. The van der Waals surface area contributed by atoms with E-state index in [-0.39, 0.29) is 0 Å². The van der Waals surface area contributed by atoms with Crippen LogP contribution in [0.15, 0.2) is 35.8 Å². The molecule has 1 unspecified atom stereocenters. The molecule has 0 fully saturated rings. The van der Waals surface area contributed by atoms with Gasteiger partial charge in [0, 0.05) is 4.88 Å². The molecular weight excluding hydrogens is 240 g/mol. The maximum absolute atomic E-state index is 5.89. The van der Waals surface area contributed by atoms with Crippen molar-refractivity contribution in [1.29, 1.82) is 0 Å². The normalized spacial score (nSPS) is 12.6. The number of benzene rings is 1. The van der Waals surface area contributed by atoms with Gasteiger partial charge < -0.3 is 5.73 Å². The van der Waals surface area contributed by atoms with E-state index in [4.69, 9.17) is 5.73 Å². The number of thiazole rings is 1. The predicted molar refractivity (Wildman–Crippen MR) is 77.9 cm³/mol. The van der Waals surface area contributed by atoms with Crippen LogP contribution in [0.2, 0.25) is 0 Å². The molecule has 0 aliphatic heterocycles. The summed E-state index contributed by atoms with van der Waals surface area (Å²) in [5.41, 5.74) is 10.4. The Morgan fingerprint density at radius 3 is 2.67 bits per heavy atom. The number of nitrogens with two attached hydrogens (primary N) is 1. The van der Waals surface area contributed by atoms with E-state index < -0.39 is 0 Å². The Hall–Kier alpha value is -1.19. The summed E-state index contributed by atoms with van der Waals surface area (Å²) in [4.78, 5) is 5.70. The van der Waals surface area contributed by atoms with Gasteiger partial charge in [0.05, 0.1) is 11.2 Å². The largest absolute Gasteiger partial charge is 0.330 e. The summed E-state index contributed by atoms with van der Waals surface area (Å²) in [5.74, 6) is 0.564. The molecule has 18 heavy (non-hydrogen) atoms. The molecule has 0 amide bonds. The third kappa shape index (κ3) is 3.65. The molecule has 3 heteroatoms. The van der Waals surface area contributed by atoms with E-state index in [1.807, 2.05) is 5.51 Å². The maximum atomic E-state index is 5.89. The molecular formula is C15H20N2S. The first kappa shape index (κ1) is 13.2. The fourth-order valence-corrected chi connectivity index (χ4v) is 2.95. The SMILES string of the molecule is Cc1ncsc1CCC(CN)Cc1ccccc1. The summed E-state index contributed by atoms with van der Waals surface area (Å²) in [6.07, 6.45) is 3.33. The van der Waals surface area contributed by atoms with Crippen molar-refractivity contribution in [3.63, 3.8) is 0 Å². The van der Waals surface area contributed by atoms with Crippen molar-refractivity contribution in [2.75, 3.05) is 6.54 Å². The first-order chi connectivity index (χ1) is 8.79. The number of rotatable bonds is 6. The molecule has 1 aromatic heterocycles. The van der Waals surface area contributed by atoms with Crippen molar-refractivity contribution in [2.45, 2.75) is 26.2 Å². The van der Waals surface area contributed by atoms with Gasteiger partial charge in [-0.15, -0.1) is 11.3 Å². The molecule has 1 heterocycles. The summed E-state index contributed by atoms with van der Waals surface area (Å²) in [6.45, 7) is 2.84. The van der Waals surface area contributed by atoms with Crippen LogP contribution in [0.1, 0.15) is 22.6 Å². The molecule has 0 aliphatic carbocycles. The van der Waals surface area contributed by atoms with E-state index in [0.29, 0.717) is 5.92 Å². The fraction of sp³-hybridized carbons (Fsp3) is 0.400. The second-order valence-corrected chi connectivity index (χ2v) is 5.63. The van der Waals surface area contributed by atoms with E-state index in [1.165, 1.54) is 16.1 Å². The maximum Gasteiger partial charge on any atom is 0.0797 e. The number of hydrogen-bond donors (Lipinski definition) is 1. The van der Waals surface area contributed by atoms with Crippen LogP contribution in [0.4, 0.5) is 0 Å². The molecule has 0 spiro atoms. The number of aryl methyl sites for hydroxylation is 2. The molecule has 0 bridgehead atoms. The summed E-state index contributed by atoms with van der Waals surface area (Å²) >= 11 is 1.76. The van der Waals surface area contributed by atoms with Gasteiger partial charge in [-0.2, -0.15) is 0 Å². The summed E-state index contributed by atoms with van der Waals surface area (Å²) < 4.78 is 0. The van der Waals surface area contributed by atoms with Crippen LogP contribution < -0.4 is 5.73 Å². The average Bonchev–Trinajstić information content (AvgIpc) is 2.81. The van der Waals surface area contributed by atoms with Gasteiger partial charge in [-0.05, 0) is 44.2 Å². The summed E-state index contributed by atoms with van der Waals surface area (Å²) in [7, 11) is 0. The Labute approximate surface area is 113 Å². The highest BCUT2D eigenvalue weighted by Gasteiger charge is 2.10. The van der Waals surface area contributed by atoms with Crippen molar-refractivity contribution < 1.29 is 0 Å². The second-order valence-electron chi connectivity index (χ2n) is 4.69. The quantitative estimate of drug-likeness (QED) is 0.866. The molecule has 0 saturated carbocycles. The highest BCUT2D eigenvalue weighted by atomic mass is 32.1. The van der Waals surface area contributed by atoms with Gasteiger partial charge in [-0.25, -0.2) is 4.98 Å². The predicted octanol–water partition coefficient (Wildman–Crippen LogP) is 3.20. The van der Waals surface area contributed by atoms with Gasteiger partial charge in [0.15, 0.2) is 0 Å². The average molecular weight is 260 g/mol. The molecule has 1 atom stereocenters. The van der Waals surface area contributed by atoms with Crippen LogP contribution in [-0.4, -0.2) is 11.5 Å². The van der Waals surface area contributed by atoms with Crippen molar-refractivity contribution in [3.05, 3.63) is 52.0 Å². The highest BCUT2D eigenvalue weighted by Crippen LogP contribution is 2.19. The molecule has 2 aromatic rings. The Balaban J connectivity index is 1.88. The van der Waals surface area contributed by atoms with Crippen molar-refractivity contribution in [3.8, 4) is 0 Å². The number of aromatic nitrogens is 1. The van der Waals surface area contributed by atoms with Crippen LogP contribution in [-0.2, 0) is 12.8 Å². The van der Waals surface area contributed by atoms with Crippen LogP contribution >= 0.6 is 11.3 Å². The molecule has 0 radical (unpaired) electrons. The molecule has 2 rings (SSSR count). The zero-order chi connectivity index (χ0) is 12.8. The van der Waals surface area contributed by atoms with Gasteiger partial charge in [0.2, 0.25) is 0 Å². The zero-order valence-electron chi connectivity index (χ0n) is 10.8. The molecule has 0 saturated heterocycles. The van der Waals surface area contributed by atoms with E-state index in [9.17, 15) is 0 Å². The standard InChI is InChI=1S/C15H20N2S/c1-12-15(18-11-17-12)8-7-14(10-16)9-13-5-3-2-4-6-13/h2-6,11,14H,7-10,16H2,1H3. The minimum atomic E-state index is 0.564. The van der Waals surface area contributed by atoms with Gasteiger partial charge in [-0.1, -0.05) is 30.3 Å². The molecule has 96 valence electrons. The summed E-state index contributed by atoms with van der Waals surface area (Å²) in [5, 5.41) is 0. The van der Waals surface area contributed by atoms with Crippen molar-refractivity contribution >= 4 is 11.3 Å². The monoisotopic (exact) mass is 260 g/mol. The Kier molecular flexibility index (Phi) is 4.90. The molecule has 2 nitrogen and oxygen atoms in total. The Morgan fingerprint density at radius 1 is 1.28 bits per heavy atom. The van der Waals surface area contributed by atoms with Gasteiger partial charge in [0.25, 0.3) is 0 Å². The van der Waals surface area contributed by atoms with E-state index in [1.54, 1.807) is 11.3 Å². The highest BCUT2D eigenvalue weighted by molar-refractivity contribution is 7.09. The molecule has 2 N–H and O–H groups in total. The third-order valence-corrected chi connectivity index (χ3v) is 4.32. The fourth-order valence-electron chi connectivity index (χ4n) is 2.15. The van der Waals surface area contributed by atoms with Gasteiger partial charge in [0.1, 0.15) is 0 Å². The van der Waals surface area contributed by atoms with E-state index in [2.05, 4.69) is 42.2 Å². The lowest BCUT2D eigenvalue weighted by Gasteiger charge is -2.14. The van der Waals surface area contributed by atoms with Crippen molar-refractivity contribution in [2.24, 2.45) is 11.7 Å². The third-order valence-electron chi connectivity index (χ3n) is 3.33. The first-order valence-corrected chi connectivity index (χ1v) is 7.30. The minimum Gasteiger partial charge on any atom is -0.330 e. The van der Waals surface area contributed by atoms with Crippen LogP contribution in [0.5, 0.6) is 0 Å². The topological polar surface area (TPSA) is 38.9 Å². The number of nitrogens with zero attached hydrogens (tertiary/aromatic N) is 1. The lowest BCUT2D eigenvalue weighted by Crippen LogP contribution is -2.17. The molecule has 1 aromatic carbocycles. The van der Waals surface area contributed by atoms with E-state index >= 15 is 0 Å². The summed E-state index contributed by atoms with van der Waals surface area (Å²) in [6, 6.07) is 10.6. The number of hydrogen-bond acceptors (Lipinski definition) is 3. The van der Waals surface area contributed by atoms with Crippen LogP contribution in [0.3, 0.4) is 0 Å². The molecule has 0 aliphatic rings. The van der Waals surface area contributed by atoms with Crippen LogP contribution in [0, 0.1) is 12.8 Å². The Bertz CT molecular complexity index is 464. The van der Waals surface area contributed by atoms with Gasteiger partial charge in [-0.3, -0.25) is 0 Å². The van der Waals surface area contributed by atoms with Crippen LogP contribution in [0.25, 0.3) is 0 Å². The lowest BCUT2D eigenvalue weighted by atomic mass is 9.94. The lowest BCUT2D eigenvalue weighted by molar-refractivity contribution is 0.495. The first-order valence-electron chi connectivity index (χ1n) is 6.42. The van der Waals surface area contributed by atoms with Gasteiger partial charge >= 0.3 is 0 Å². The second kappa shape index (κ2) is 6.66.